The number of aromatic nitrogens is 3. The molecule has 3 aromatic rings. The maximum atomic E-state index is 13.3. The van der Waals surface area contributed by atoms with Crippen LogP contribution in [0.4, 0.5) is 5.69 Å². The number of benzene rings is 1. The first-order valence-electron chi connectivity index (χ1n) is 10.5. The number of primary amides is 1. The SMILES string of the molecule is CC(C)c1cc(C(=O)Nc2ccccc2C(=O)NCCC(N)=O)c2cnn(C(C)C)c2n1. The Bertz CT molecular complexity index is 1170. The fourth-order valence-electron chi connectivity index (χ4n) is 3.27. The summed E-state index contributed by atoms with van der Waals surface area (Å²) in [6.45, 7) is 8.15. The van der Waals surface area contributed by atoms with Crippen LogP contribution in [0.5, 0.6) is 0 Å². The van der Waals surface area contributed by atoms with Crippen molar-refractivity contribution >= 4 is 34.4 Å². The zero-order valence-corrected chi connectivity index (χ0v) is 18.7. The van der Waals surface area contributed by atoms with E-state index in [0.717, 1.165) is 5.69 Å². The van der Waals surface area contributed by atoms with Crippen molar-refractivity contribution < 1.29 is 14.4 Å². The van der Waals surface area contributed by atoms with E-state index in [2.05, 4.69) is 15.7 Å². The van der Waals surface area contributed by atoms with Crippen LogP contribution in [0.3, 0.4) is 0 Å². The van der Waals surface area contributed by atoms with Crippen molar-refractivity contribution in [3.63, 3.8) is 0 Å². The van der Waals surface area contributed by atoms with Gasteiger partial charge < -0.3 is 16.4 Å². The summed E-state index contributed by atoms with van der Waals surface area (Å²) in [4.78, 5) is 41.5. The second-order valence-electron chi connectivity index (χ2n) is 8.14. The van der Waals surface area contributed by atoms with Gasteiger partial charge in [0, 0.05) is 24.7 Å². The minimum atomic E-state index is -0.503. The molecule has 4 N–H and O–H groups in total. The number of nitrogens with two attached hydrogens (primary N) is 1. The van der Waals surface area contributed by atoms with Gasteiger partial charge in [-0.25, -0.2) is 9.67 Å². The molecule has 3 amide bonds. The zero-order chi connectivity index (χ0) is 23.4. The average Bonchev–Trinajstić information content (AvgIpc) is 3.17. The number of hydrogen-bond donors (Lipinski definition) is 3. The summed E-state index contributed by atoms with van der Waals surface area (Å²) in [7, 11) is 0. The molecule has 9 nitrogen and oxygen atoms in total. The Balaban J connectivity index is 1.94. The van der Waals surface area contributed by atoms with Gasteiger partial charge in [-0.3, -0.25) is 14.4 Å². The lowest BCUT2D eigenvalue weighted by molar-refractivity contribution is -0.117. The molecule has 3 rings (SSSR count). The Morgan fingerprint density at radius 1 is 1.06 bits per heavy atom. The van der Waals surface area contributed by atoms with E-state index in [1.807, 2.05) is 27.7 Å². The zero-order valence-electron chi connectivity index (χ0n) is 18.7. The van der Waals surface area contributed by atoms with E-state index in [1.54, 1.807) is 41.2 Å². The monoisotopic (exact) mass is 436 g/mol. The molecule has 0 aliphatic carbocycles. The number of para-hydroxylation sites is 1. The number of nitrogens with zero attached hydrogens (tertiary/aromatic N) is 3. The lowest BCUT2D eigenvalue weighted by Crippen LogP contribution is -2.29. The highest BCUT2D eigenvalue weighted by atomic mass is 16.2. The molecular weight excluding hydrogens is 408 g/mol. The van der Waals surface area contributed by atoms with E-state index >= 15 is 0 Å². The number of carbonyl (C=O) groups excluding carboxylic acids is 3. The predicted molar refractivity (Wildman–Crippen MR) is 123 cm³/mol. The third kappa shape index (κ3) is 4.93. The molecule has 0 unspecified atom stereocenters. The van der Waals surface area contributed by atoms with E-state index < -0.39 is 11.8 Å². The van der Waals surface area contributed by atoms with E-state index in [4.69, 9.17) is 10.7 Å². The number of amides is 3. The highest BCUT2D eigenvalue weighted by Gasteiger charge is 2.20. The normalized spacial score (nSPS) is 11.2. The van der Waals surface area contributed by atoms with Gasteiger partial charge in [-0.15, -0.1) is 0 Å². The number of nitrogens with one attached hydrogen (secondary N) is 2. The lowest BCUT2D eigenvalue weighted by Gasteiger charge is -2.14. The summed E-state index contributed by atoms with van der Waals surface area (Å²) in [6, 6.07) is 8.54. The molecule has 2 aromatic heterocycles. The van der Waals surface area contributed by atoms with Gasteiger partial charge in [0.1, 0.15) is 0 Å². The molecule has 0 fully saturated rings. The molecule has 0 saturated carbocycles. The highest BCUT2D eigenvalue weighted by molar-refractivity contribution is 6.14. The molecule has 2 heterocycles. The fraction of sp³-hybridized carbons (Fsp3) is 0.348. The number of hydrogen-bond acceptors (Lipinski definition) is 5. The van der Waals surface area contributed by atoms with Crippen LogP contribution in [-0.2, 0) is 4.79 Å². The van der Waals surface area contributed by atoms with Gasteiger partial charge in [0.05, 0.1) is 28.4 Å². The number of carbonyl (C=O) groups is 3. The van der Waals surface area contributed by atoms with Crippen LogP contribution in [0.15, 0.2) is 36.5 Å². The summed E-state index contributed by atoms with van der Waals surface area (Å²) in [5.74, 6) is -1.15. The van der Waals surface area contributed by atoms with Crippen molar-refractivity contribution in [2.24, 2.45) is 5.73 Å². The number of fused-ring (bicyclic) bond motifs is 1. The average molecular weight is 437 g/mol. The Morgan fingerprint density at radius 2 is 1.78 bits per heavy atom. The van der Waals surface area contributed by atoms with Gasteiger partial charge in [0.25, 0.3) is 11.8 Å². The van der Waals surface area contributed by atoms with Crippen molar-refractivity contribution in [3.8, 4) is 0 Å². The predicted octanol–water partition coefficient (Wildman–Crippen LogP) is 2.99. The first-order chi connectivity index (χ1) is 15.2. The van der Waals surface area contributed by atoms with E-state index in [1.165, 1.54) is 0 Å². The number of anilines is 1. The maximum Gasteiger partial charge on any atom is 0.256 e. The van der Waals surface area contributed by atoms with Crippen LogP contribution in [0.2, 0.25) is 0 Å². The second-order valence-corrected chi connectivity index (χ2v) is 8.14. The first kappa shape index (κ1) is 22.9. The summed E-state index contributed by atoms with van der Waals surface area (Å²) >= 11 is 0. The molecule has 0 bridgehead atoms. The Hall–Kier alpha value is -3.75. The molecule has 0 radical (unpaired) electrons. The molecule has 0 spiro atoms. The van der Waals surface area contributed by atoms with Gasteiger partial charge >= 0.3 is 0 Å². The summed E-state index contributed by atoms with van der Waals surface area (Å²) in [5, 5.41) is 10.5. The number of rotatable bonds is 8. The standard InChI is InChI=1S/C23H28N6O3/c1-13(2)19-11-16(17-12-26-29(14(3)4)21(17)27-19)23(32)28-18-8-6-5-7-15(18)22(31)25-10-9-20(24)30/h5-8,11-14H,9-10H2,1-4H3,(H2,24,30)(H,25,31)(H,28,32). The third-order valence-electron chi connectivity index (χ3n) is 4.99. The lowest BCUT2D eigenvalue weighted by atomic mass is 10.0. The van der Waals surface area contributed by atoms with Gasteiger partial charge in [-0.2, -0.15) is 5.10 Å². The van der Waals surface area contributed by atoms with Crippen LogP contribution in [0, 0.1) is 0 Å². The summed E-state index contributed by atoms with van der Waals surface area (Å²) in [6.07, 6.45) is 1.68. The van der Waals surface area contributed by atoms with Crippen LogP contribution < -0.4 is 16.4 Å². The molecule has 32 heavy (non-hydrogen) atoms. The van der Waals surface area contributed by atoms with Crippen LogP contribution in [-0.4, -0.2) is 39.0 Å². The molecule has 0 saturated heterocycles. The summed E-state index contributed by atoms with van der Waals surface area (Å²) in [5.41, 5.74) is 7.64. The van der Waals surface area contributed by atoms with E-state index in [0.29, 0.717) is 22.3 Å². The van der Waals surface area contributed by atoms with E-state index in [9.17, 15) is 14.4 Å². The third-order valence-corrected chi connectivity index (χ3v) is 4.99. The van der Waals surface area contributed by atoms with Gasteiger partial charge in [-0.05, 0) is 38.0 Å². The molecule has 0 aliphatic heterocycles. The molecular formula is C23H28N6O3. The fourth-order valence-corrected chi connectivity index (χ4v) is 3.27. The van der Waals surface area contributed by atoms with Crippen molar-refractivity contribution in [3.05, 3.63) is 53.3 Å². The van der Waals surface area contributed by atoms with Gasteiger partial charge in [0.2, 0.25) is 5.91 Å². The first-order valence-corrected chi connectivity index (χ1v) is 10.5. The minimum Gasteiger partial charge on any atom is -0.370 e. The topological polar surface area (TPSA) is 132 Å². The van der Waals surface area contributed by atoms with Crippen molar-refractivity contribution in [1.82, 2.24) is 20.1 Å². The van der Waals surface area contributed by atoms with Crippen LogP contribution >= 0.6 is 0 Å². The van der Waals surface area contributed by atoms with Gasteiger partial charge in [-0.1, -0.05) is 26.0 Å². The molecule has 0 atom stereocenters. The molecule has 1 aromatic carbocycles. The van der Waals surface area contributed by atoms with Crippen molar-refractivity contribution in [2.45, 2.75) is 46.1 Å². The minimum absolute atomic E-state index is 0.0348. The largest absolute Gasteiger partial charge is 0.370 e. The van der Waals surface area contributed by atoms with Crippen LogP contribution in [0.25, 0.3) is 11.0 Å². The summed E-state index contributed by atoms with van der Waals surface area (Å²) < 4.78 is 1.79. The second kappa shape index (κ2) is 9.59. The van der Waals surface area contributed by atoms with Crippen LogP contribution in [0.1, 0.15) is 72.5 Å². The molecule has 0 aliphatic rings. The van der Waals surface area contributed by atoms with Crippen molar-refractivity contribution in [1.29, 1.82) is 0 Å². The Kier molecular flexibility index (Phi) is 6.87. The highest BCUT2D eigenvalue weighted by Crippen LogP contribution is 2.26. The number of pyridine rings is 1. The van der Waals surface area contributed by atoms with Gasteiger partial charge in [0.15, 0.2) is 5.65 Å². The maximum absolute atomic E-state index is 13.3. The van der Waals surface area contributed by atoms with Crippen molar-refractivity contribution in [2.75, 3.05) is 11.9 Å². The smallest absolute Gasteiger partial charge is 0.256 e. The molecule has 168 valence electrons. The quantitative estimate of drug-likeness (QED) is 0.499. The Morgan fingerprint density at radius 3 is 2.44 bits per heavy atom. The Labute approximate surface area is 186 Å². The molecule has 9 heteroatoms. The van der Waals surface area contributed by atoms with E-state index in [-0.39, 0.29) is 36.4 Å².